The van der Waals surface area contributed by atoms with Gasteiger partial charge in [0.2, 0.25) is 0 Å². The van der Waals surface area contributed by atoms with Gasteiger partial charge in [0.15, 0.2) is 0 Å². The first-order valence-corrected chi connectivity index (χ1v) is 12.1. The molecule has 0 unspecified atom stereocenters. The molecule has 49 heavy (non-hydrogen) atoms. The number of aromatic nitrogens is 5. The summed E-state index contributed by atoms with van der Waals surface area (Å²) in [4.78, 5) is 47.3. The van der Waals surface area contributed by atoms with Gasteiger partial charge in [0.05, 0.1) is 34.3 Å². The average molecular weight is 704 g/mol. The van der Waals surface area contributed by atoms with Crippen molar-refractivity contribution in [3.8, 4) is 46.0 Å². The maximum atomic E-state index is 10.6. The van der Waals surface area contributed by atoms with Crippen LogP contribution in [0.3, 0.4) is 0 Å². The lowest BCUT2D eigenvalue weighted by Gasteiger charge is -2.08. The van der Waals surface area contributed by atoms with Crippen LogP contribution in [0.15, 0.2) is 49.2 Å². The summed E-state index contributed by atoms with van der Waals surface area (Å²) in [5.74, 6) is -7.18. The lowest BCUT2D eigenvalue weighted by atomic mass is 10.1. The van der Waals surface area contributed by atoms with Crippen LogP contribution in [0.4, 0.5) is 51.0 Å². The Balaban J connectivity index is 0.000000325. The molecule has 14 nitrogen and oxygen atoms in total. The molecule has 0 aliphatic carbocycles. The van der Waals surface area contributed by atoms with Crippen LogP contribution in [-0.4, -0.2) is 76.7 Å². The SMILES string of the molecule is N#Cc1cncc(C#N)c1-c1nc2c([nH]1)-c1ccncc1Nc1ncccc1-2.O=C(O)C(F)(F)F.O=C(O)C(F)(F)F.O=C(O)C(F)(F)F. The number of carboxylic acid groups (broad SMARTS) is 3. The van der Waals surface area contributed by atoms with Crippen molar-refractivity contribution in [1.29, 1.82) is 10.5 Å². The number of H-pyrrole nitrogens is 1. The molecule has 5 N–H and O–H groups in total. The van der Waals surface area contributed by atoms with E-state index in [1.807, 2.05) is 18.2 Å². The number of anilines is 2. The molecule has 1 aliphatic rings. The van der Waals surface area contributed by atoms with Gasteiger partial charge in [-0.2, -0.15) is 50.0 Å². The molecule has 1 aliphatic heterocycles. The Labute approximate surface area is 264 Å². The molecule has 5 heterocycles. The third kappa shape index (κ3) is 10.1. The number of carboxylic acids is 3. The van der Waals surface area contributed by atoms with E-state index in [9.17, 15) is 50.0 Å². The molecule has 0 saturated heterocycles. The average Bonchev–Trinajstić information content (AvgIpc) is 3.40. The lowest BCUT2D eigenvalue weighted by Crippen LogP contribution is -2.21. The van der Waals surface area contributed by atoms with Gasteiger partial charge in [0.1, 0.15) is 29.5 Å². The van der Waals surface area contributed by atoms with E-state index in [0.717, 1.165) is 22.5 Å². The van der Waals surface area contributed by atoms with Gasteiger partial charge in [-0.3, -0.25) is 9.97 Å². The number of pyridine rings is 3. The molecule has 23 heteroatoms. The number of nitrogens with one attached hydrogen (secondary N) is 2. The van der Waals surface area contributed by atoms with E-state index >= 15 is 0 Å². The molecular weight excluding hydrogens is 691 g/mol. The van der Waals surface area contributed by atoms with Gasteiger partial charge < -0.3 is 25.6 Å². The second-order valence-electron chi connectivity index (χ2n) is 8.50. The van der Waals surface area contributed by atoms with Gasteiger partial charge in [0, 0.05) is 35.9 Å². The van der Waals surface area contributed by atoms with Crippen molar-refractivity contribution in [2.75, 3.05) is 5.32 Å². The third-order valence-electron chi connectivity index (χ3n) is 5.26. The van der Waals surface area contributed by atoms with Crippen LogP contribution in [0.2, 0.25) is 0 Å². The van der Waals surface area contributed by atoms with Crippen LogP contribution in [0, 0.1) is 22.7 Å². The Morgan fingerprint density at radius 2 is 1.20 bits per heavy atom. The first kappa shape index (κ1) is 38.4. The molecule has 0 atom stereocenters. The van der Waals surface area contributed by atoms with Crippen LogP contribution in [0.5, 0.6) is 0 Å². The zero-order valence-corrected chi connectivity index (χ0v) is 23.3. The number of fused-ring (bicyclic) bond motifs is 5. The number of aliphatic carboxylic acids is 3. The standard InChI is InChI=1S/C20H10N8.3C2HF3O2/c21-6-11-8-24-9-12(7-22)16(11)20-27-17-13-3-5-23-10-15(13)26-19-14(18(17)28-20)2-1-4-25-19;3*3-2(4,5)1(6)7/h1-5,8-10H,(H,25,26)(H,27,28);3*(H,6,7). The van der Waals surface area contributed by atoms with Crippen molar-refractivity contribution in [2.45, 2.75) is 18.5 Å². The fraction of sp³-hybridized carbons (Fsp3) is 0.115. The second kappa shape index (κ2) is 15.2. The fourth-order valence-corrected chi connectivity index (χ4v) is 3.30. The number of halogens is 9. The Kier molecular flexibility index (Phi) is 11.9. The molecule has 0 spiro atoms. The van der Waals surface area contributed by atoms with Gasteiger partial charge >= 0.3 is 36.4 Å². The van der Waals surface area contributed by atoms with Crippen LogP contribution in [0.1, 0.15) is 11.1 Å². The largest absolute Gasteiger partial charge is 0.490 e. The summed E-state index contributed by atoms with van der Waals surface area (Å²) in [7, 11) is 0. The van der Waals surface area contributed by atoms with Crippen molar-refractivity contribution in [2.24, 2.45) is 0 Å². The van der Waals surface area contributed by atoms with Gasteiger partial charge in [0.25, 0.3) is 0 Å². The van der Waals surface area contributed by atoms with E-state index in [1.165, 1.54) is 12.4 Å². The van der Waals surface area contributed by atoms with Crippen LogP contribution < -0.4 is 5.32 Å². The summed E-state index contributed by atoms with van der Waals surface area (Å²) < 4.78 is 95.2. The van der Waals surface area contributed by atoms with E-state index in [2.05, 4.69) is 37.4 Å². The monoisotopic (exact) mass is 704 g/mol. The molecule has 256 valence electrons. The molecule has 5 rings (SSSR count). The summed E-state index contributed by atoms with van der Waals surface area (Å²) in [6.07, 6.45) is -7.28. The molecule has 0 bridgehead atoms. The minimum Gasteiger partial charge on any atom is -0.475 e. The Morgan fingerprint density at radius 3 is 1.65 bits per heavy atom. The van der Waals surface area contributed by atoms with Crippen LogP contribution in [-0.2, 0) is 14.4 Å². The predicted molar refractivity (Wildman–Crippen MR) is 142 cm³/mol. The maximum Gasteiger partial charge on any atom is 0.490 e. The van der Waals surface area contributed by atoms with E-state index in [1.54, 1.807) is 18.6 Å². The molecule has 0 saturated carbocycles. The van der Waals surface area contributed by atoms with E-state index in [-0.39, 0.29) is 11.1 Å². The highest BCUT2D eigenvalue weighted by Crippen LogP contribution is 2.43. The Morgan fingerprint density at radius 1 is 0.714 bits per heavy atom. The van der Waals surface area contributed by atoms with E-state index in [0.29, 0.717) is 22.9 Å². The van der Waals surface area contributed by atoms with Crippen molar-refractivity contribution in [3.05, 3.63) is 60.3 Å². The summed E-state index contributed by atoms with van der Waals surface area (Å²) in [5.41, 5.74) is 4.89. The zero-order chi connectivity index (χ0) is 37.3. The molecule has 4 aromatic heterocycles. The fourth-order valence-electron chi connectivity index (χ4n) is 3.30. The number of imidazole rings is 1. The minimum atomic E-state index is -5.08. The quantitative estimate of drug-likeness (QED) is 0.140. The molecule has 0 radical (unpaired) electrons. The molecule has 0 fully saturated rings. The molecular formula is C26H13F9N8O6. The number of aromatic amines is 1. The molecule has 4 aromatic rings. The predicted octanol–water partition coefficient (Wildman–Crippen LogP) is 5.30. The number of hydrogen-bond donors (Lipinski definition) is 5. The van der Waals surface area contributed by atoms with Crippen molar-refractivity contribution < 1.29 is 69.2 Å². The van der Waals surface area contributed by atoms with E-state index < -0.39 is 36.4 Å². The minimum absolute atomic E-state index is 0.280. The molecule has 0 amide bonds. The van der Waals surface area contributed by atoms with E-state index in [4.69, 9.17) is 34.7 Å². The third-order valence-corrected chi connectivity index (χ3v) is 5.26. The number of alkyl halides is 9. The summed E-state index contributed by atoms with van der Waals surface area (Å²) in [6.45, 7) is 0. The summed E-state index contributed by atoms with van der Waals surface area (Å²) in [5, 5.41) is 43.7. The van der Waals surface area contributed by atoms with Gasteiger partial charge in [-0.15, -0.1) is 0 Å². The van der Waals surface area contributed by atoms with Crippen molar-refractivity contribution in [1.82, 2.24) is 24.9 Å². The van der Waals surface area contributed by atoms with Gasteiger partial charge in [-0.1, -0.05) is 0 Å². The number of rotatable bonds is 1. The maximum absolute atomic E-state index is 10.6. The highest BCUT2D eigenvalue weighted by molar-refractivity contribution is 5.95. The number of nitriles is 2. The summed E-state index contributed by atoms with van der Waals surface area (Å²) in [6, 6.07) is 9.81. The highest BCUT2D eigenvalue weighted by atomic mass is 19.4. The van der Waals surface area contributed by atoms with Crippen molar-refractivity contribution in [3.63, 3.8) is 0 Å². The Hall–Kier alpha value is -6.78. The number of nitrogens with zero attached hydrogens (tertiary/aromatic N) is 6. The highest BCUT2D eigenvalue weighted by Gasteiger charge is 2.39. The summed E-state index contributed by atoms with van der Waals surface area (Å²) >= 11 is 0. The van der Waals surface area contributed by atoms with Crippen LogP contribution >= 0.6 is 0 Å². The molecule has 0 aromatic carbocycles. The van der Waals surface area contributed by atoms with Crippen molar-refractivity contribution >= 4 is 29.4 Å². The number of hydrogen-bond acceptors (Lipinski definition) is 10. The second-order valence-corrected chi connectivity index (χ2v) is 8.50. The first-order valence-electron chi connectivity index (χ1n) is 12.1. The first-order chi connectivity index (χ1) is 22.6. The van der Waals surface area contributed by atoms with Crippen LogP contribution in [0.25, 0.3) is 33.9 Å². The smallest absolute Gasteiger partial charge is 0.475 e. The zero-order valence-electron chi connectivity index (χ0n) is 23.3. The lowest BCUT2D eigenvalue weighted by molar-refractivity contribution is -0.193. The van der Waals surface area contributed by atoms with Gasteiger partial charge in [-0.05, 0) is 18.2 Å². The Bertz CT molecular complexity index is 1790. The normalized spacial score (nSPS) is 11.2. The van der Waals surface area contributed by atoms with Gasteiger partial charge in [-0.25, -0.2) is 24.4 Å². The number of carbonyl (C=O) groups is 3. The topological polar surface area (TPSA) is 239 Å².